The summed E-state index contributed by atoms with van der Waals surface area (Å²) in [6, 6.07) is 4.26. The number of benzene rings is 1. The van der Waals surface area contributed by atoms with Crippen LogP contribution in [0, 0.1) is 13.8 Å². The number of ether oxygens (including phenoxy) is 2. The SMILES string of the molecule is Cc1cc(C)c2c(c1)COC(C)(C)O2. The highest BCUT2D eigenvalue weighted by Crippen LogP contribution is 2.34. The maximum Gasteiger partial charge on any atom is 0.205 e. The van der Waals surface area contributed by atoms with Crippen molar-refractivity contribution >= 4 is 0 Å². The van der Waals surface area contributed by atoms with Gasteiger partial charge in [-0.25, -0.2) is 0 Å². The van der Waals surface area contributed by atoms with Gasteiger partial charge >= 0.3 is 0 Å². The van der Waals surface area contributed by atoms with Gasteiger partial charge in [-0.1, -0.05) is 17.7 Å². The minimum absolute atomic E-state index is 0.493. The molecule has 2 nitrogen and oxygen atoms in total. The highest BCUT2D eigenvalue weighted by Gasteiger charge is 2.28. The minimum Gasteiger partial charge on any atom is -0.462 e. The van der Waals surface area contributed by atoms with Gasteiger partial charge in [0.05, 0.1) is 6.61 Å². The molecule has 0 saturated carbocycles. The molecule has 0 fully saturated rings. The van der Waals surface area contributed by atoms with Crippen molar-refractivity contribution in [3.05, 3.63) is 28.8 Å². The van der Waals surface area contributed by atoms with Crippen molar-refractivity contribution in [3.63, 3.8) is 0 Å². The first kappa shape index (κ1) is 9.53. The summed E-state index contributed by atoms with van der Waals surface area (Å²) in [4.78, 5) is 0. The Morgan fingerprint density at radius 1 is 1.21 bits per heavy atom. The van der Waals surface area contributed by atoms with E-state index in [9.17, 15) is 0 Å². The maximum absolute atomic E-state index is 5.78. The number of hydrogen-bond donors (Lipinski definition) is 0. The van der Waals surface area contributed by atoms with Gasteiger partial charge in [0, 0.05) is 19.4 Å². The Labute approximate surface area is 84.8 Å². The van der Waals surface area contributed by atoms with Crippen LogP contribution in [0.25, 0.3) is 0 Å². The molecule has 2 heteroatoms. The van der Waals surface area contributed by atoms with Gasteiger partial charge in [-0.15, -0.1) is 0 Å². The number of hydrogen-bond acceptors (Lipinski definition) is 2. The topological polar surface area (TPSA) is 18.5 Å². The lowest BCUT2D eigenvalue weighted by Crippen LogP contribution is -2.35. The van der Waals surface area contributed by atoms with Crippen molar-refractivity contribution < 1.29 is 9.47 Å². The summed E-state index contributed by atoms with van der Waals surface area (Å²) >= 11 is 0. The molecule has 0 atom stereocenters. The zero-order valence-electron chi connectivity index (χ0n) is 9.18. The molecule has 1 aromatic carbocycles. The van der Waals surface area contributed by atoms with Crippen LogP contribution < -0.4 is 4.74 Å². The van der Waals surface area contributed by atoms with E-state index in [0.29, 0.717) is 6.61 Å². The summed E-state index contributed by atoms with van der Waals surface area (Å²) in [5.74, 6) is 0.499. The Kier molecular flexibility index (Phi) is 2.04. The van der Waals surface area contributed by atoms with Crippen LogP contribution in [0.15, 0.2) is 12.1 Å². The van der Waals surface area contributed by atoms with E-state index in [0.717, 1.165) is 11.3 Å². The van der Waals surface area contributed by atoms with E-state index in [4.69, 9.17) is 9.47 Å². The Morgan fingerprint density at radius 2 is 1.93 bits per heavy atom. The first-order valence-corrected chi connectivity index (χ1v) is 4.91. The van der Waals surface area contributed by atoms with E-state index < -0.39 is 5.79 Å². The molecule has 14 heavy (non-hydrogen) atoms. The van der Waals surface area contributed by atoms with Crippen LogP contribution >= 0.6 is 0 Å². The molecular formula is C12H16O2. The highest BCUT2D eigenvalue weighted by atomic mass is 16.7. The molecule has 1 aliphatic rings. The summed E-state index contributed by atoms with van der Waals surface area (Å²) in [7, 11) is 0. The van der Waals surface area contributed by atoms with E-state index >= 15 is 0 Å². The predicted octanol–water partition coefficient (Wildman–Crippen LogP) is 2.95. The van der Waals surface area contributed by atoms with Crippen LogP contribution in [0.5, 0.6) is 5.75 Å². The Balaban J connectivity index is 2.47. The van der Waals surface area contributed by atoms with E-state index in [1.807, 2.05) is 13.8 Å². The van der Waals surface area contributed by atoms with Crippen LogP contribution in [-0.4, -0.2) is 5.79 Å². The lowest BCUT2D eigenvalue weighted by atomic mass is 10.0. The number of rotatable bonds is 0. The van der Waals surface area contributed by atoms with Gasteiger partial charge in [-0.3, -0.25) is 0 Å². The molecule has 2 rings (SSSR count). The predicted molar refractivity (Wildman–Crippen MR) is 55.4 cm³/mol. The molecule has 0 aromatic heterocycles. The second kappa shape index (κ2) is 2.99. The van der Waals surface area contributed by atoms with E-state index in [-0.39, 0.29) is 0 Å². The molecule has 1 aromatic rings. The minimum atomic E-state index is -0.493. The molecule has 76 valence electrons. The quantitative estimate of drug-likeness (QED) is 0.629. The number of fused-ring (bicyclic) bond motifs is 1. The zero-order valence-corrected chi connectivity index (χ0v) is 9.18. The third-order valence-corrected chi connectivity index (χ3v) is 2.42. The molecule has 0 unspecified atom stereocenters. The fourth-order valence-corrected chi connectivity index (χ4v) is 1.82. The smallest absolute Gasteiger partial charge is 0.205 e. The molecule has 0 N–H and O–H groups in total. The molecule has 0 amide bonds. The third-order valence-electron chi connectivity index (χ3n) is 2.42. The average Bonchev–Trinajstić information content (AvgIpc) is 2.06. The fraction of sp³-hybridized carbons (Fsp3) is 0.500. The van der Waals surface area contributed by atoms with Gasteiger partial charge in [0.1, 0.15) is 5.75 Å². The van der Waals surface area contributed by atoms with E-state index in [1.165, 1.54) is 11.1 Å². The van der Waals surface area contributed by atoms with Crippen molar-refractivity contribution in [1.82, 2.24) is 0 Å². The third kappa shape index (κ3) is 1.62. The molecule has 0 bridgehead atoms. The summed E-state index contributed by atoms with van der Waals surface area (Å²) in [6.45, 7) is 8.69. The van der Waals surface area contributed by atoms with Gasteiger partial charge in [0.25, 0.3) is 0 Å². The van der Waals surface area contributed by atoms with Gasteiger partial charge in [-0.2, -0.15) is 0 Å². The van der Waals surface area contributed by atoms with Crippen molar-refractivity contribution in [2.75, 3.05) is 0 Å². The Morgan fingerprint density at radius 3 is 2.64 bits per heavy atom. The maximum atomic E-state index is 5.78. The summed E-state index contributed by atoms with van der Waals surface area (Å²) in [5.41, 5.74) is 3.60. The molecule has 0 aliphatic carbocycles. The van der Waals surface area contributed by atoms with E-state index in [2.05, 4.69) is 26.0 Å². The van der Waals surface area contributed by atoms with Crippen molar-refractivity contribution in [2.24, 2.45) is 0 Å². The van der Waals surface area contributed by atoms with E-state index in [1.54, 1.807) is 0 Å². The highest BCUT2D eigenvalue weighted by molar-refractivity contribution is 5.44. The average molecular weight is 192 g/mol. The molecule has 0 spiro atoms. The first-order chi connectivity index (χ1) is 6.48. The molecule has 1 aliphatic heterocycles. The largest absolute Gasteiger partial charge is 0.462 e. The second-order valence-electron chi connectivity index (χ2n) is 4.36. The van der Waals surface area contributed by atoms with Crippen LogP contribution in [0.2, 0.25) is 0 Å². The number of aryl methyl sites for hydroxylation is 2. The van der Waals surface area contributed by atoms with Crippen LogP contribution in [0.3, 0.4) is 0 Å². The molecule has 0 saturated heterocycles. The standard InChI is InChI=1S/C12H16O2/c1-8-5-9(2)11-10(6-8)7-13-12(3,4)14-11/h5-6H,7H2,1-4H3. The van der Waals surface area contributed by atoms with Gasteiger partial charge in [0.2, 0.25) is 5.79 Å². The fourth-order valence-electron chi connectivity index (χ4n) is 1.82. The van der Waals surface area contributed by atoms with Crippen molar-refractivity contribution in [2.45, 2.75) is 40.1 Å². The van der Waals surface area contributed by atoms with Crippen molar-refractivity contribution in [1.29, 1.82) is 0 Å². The van der Waals surface area contributed by atoms with Crippen LogP contribution in [0.4, 0.5) is 0 Å². The van der Waals surface area contributed by atoms with Crippen LogP contribution in [0.1, 0.15) is 30.5 Å². The first-order valence-electron chi connectivity index (χ1n) is 4.91. The normalized spacial score (nSPS) is 18.6. The molecule has 0 radical (unpaired) electrons. The van der Waals surface area contributed by atoms with Crippen molar-refractivity contribution in [3.8, 4) is 5.75 Å². The van der Waals surface area contributed by atoms with Gasteiger partial charge < -0.3 is 9.47 Å². The zero-order chi connectivity index (χ0) is 10.3. The van der Waals surface area contributed by atoms with Gasteiger partial charge in [-0.05, 0) is 19.4 Å². The Hall–Kier alpha value is -1.02. The van der Waals surface area contributed by atoms with Gasteiger partial charge in [0.15, 0.2) is 0 Å². The monoisotopic (exact) mass is 192 g/mol. The van der Waals surface area contributed by atoms with Crippen LogP contribution in [-0.2, 0) is 11.3 Å². The Bertz CT molecular complexity index is 367. The second-order valence-corrected chi connectivity index (χ2v) is 4.36. The summed E-state index contributed by atoms with van der Waals surface area (Å²) < 4.78 is 11.4. The molecular weight excluding hydrogens is 176 g/mol. The lowest BCUT2D eigenvalue weighted by molar-refractivity contribution is -0.180. The molecule has 1 heterocycles. The summed E-state index contributed by atoms with van der Waals surface area (Å²) in [6.07, 6.45) is 0. The summed E-state index contributed by atoms with van der Waals surface area (Å²) in [5, 5.41) is 0. The lowest BCUT2D eigenvalue weighted by Gasteiger charge is -2.33.